The molecule has 0 N–H and O–H groups in total. The first kappa shape index (κ1) is 15.1. The molecule has 2 rings (SSSR count). The van der Waals surface area contributed by atoms with Gasteiger partial charge in [-0.1, -0.05) is 35.5 Å². The van der Waals surface area contributed by atoms with Crippen molar-refractivity contribution in [3.05, 3.63) is 41.4 Å². The van der Waals surface area contributed by atoms with Crippen molar-refractivity contribution in [2.45, 2.75) is 25.9 Å². The second-order valence-electron chi connectivity index (χ2n) is 5.39. The molecule has 0 amide bonds. The minimum Gasteiger partial charge on any atom is -0.389 e. The van der Waals surface area contributed by atoms with Crippen LogP contribution in [0.4, 0.5) is 0 Å². The number of halogens is 1. The van der Waals surface area contributed by atoms with Gasteiger partial charge in [0.05, 0.1) is 5.75 Å². The SMILES string of the molecule is C=C(CS(=O)(=O)C1=NOC(C)(C)C1)c1cccc(Cl)c1. The van der Waals surface area contributed by atoms with Crippen molar-refractivity contribution in [2.24, 2.45) is 5.16 Å². The maximum Gasteiger partial charge on any atom is 0.199 e. The first-order valence-electron chi connectivity index (χ1n) is 6.11. The molecule has 0 saturated heterocycles. The van der Waals surface area contributed by atoms with E-state index in [0.29, 0.717) is 16.2 Å². The molecule has 0 saturated carbocycles. The molecule has 0 atom stereocenters. The Labute approximate surface area is 124 Å². The summed E-state index contributed by atoms with van der Waals surface area (Å²) >= 11 is 5.89. The van der Waals surface area contributed by atoms with Crippen LogP contribution in [0.25, 0.3) is 5.57 Å². The zero-order valence-corrected chi connectivity index (χ0v) is 13.0. The predicted octanol–water partition coefficient (Wildman–Crippen LogP) is 3.28. The summed E-state index contributed by atoms with van der Waals surface area (Å²) in [6, 6.07) is 6.95. The van der Waals surface area contributed by atoms with Gasteiger partial charge in [-0.25, -0.2) is 8.42 Å². The predicted molar refractivity (Wildman–Crippen MR) is 81.5 cm³/mol. The molecule has 1 aliphatic heterocycles. The molecule has 0 aliphatic carbocycles. The fraction of sp³-hybridized carbons (Fsp3) is 0.357. The highest BCUT2D eigenvalue weighted by Gasteiger charge is 2.36. The second-order valence-corrected chi connectivity index (χ2v) is 7.81. The van der Waals surface area contributed by atoms with E-state index in [4.69, 9.17) is 16.4 Å². The highest BCUT2D eigenvalue weighted by atomic mass is 35.5. The number of rotatable bonds is 3. The van der Waals surface area contributed by atoms with Crippen LogP contribution >= 0.6 is 11.6 Å². The van der Waals surface area contributed by atoms with Gasteiger partial charge >= 0.3 is 0 Å². The smallest absolute Gasteiger partial charge is 0.199 e. The van der Waals surface area contributed by atoms with Crippen molar-refractivity contribution in [2.75, 3.05) is 5.75 Å². The molecule has 0 spiro atoms. The number of oxime groups is 1. The molecular formula is C14H16ClNO3S. The Kier molecular flexibility index (Phi) is 3.93. The van der Waals surface area contributed by atoms with Crippen molar-refractivity contribution in [3.63, 3.8) is 0 Å². The van der Waals surface area contributed by atoms with E-state index < -0.39 is 15.4 Å². The van der Waals surface area contributed by atoms with E-state index in [-0.39, 0.29) is 17.2 Å². The van der Waals surface area contributed by atoms with Gasteiger partial charge in [0, 0.05) is 11.4 Å². The molecule has 4 nitrogen and oxygen atoms in total. The lowest BCUT2D eigenvalue weighted by Crippen LogP contribution is -2.24. The summed E-state index contributed by atoms with van der Waals surface area (Å²) in [5.74, 6) is -0.189. The van der Waals surface area contributed by atoms with Crippen LogP contribution in [0.1, 0.15) is 25.8 Å². The van der Waals surface area contributed by atoms with Gasteiger partial charge in [0.1, 0.15) is 5.60 Å². The van der Waals surface area contributed by atoms with Gasteiger partial charge < -0.3 is 4.84 Å². The summed E-state index contributed by atoms with van der Waals surface area (Å²) in [5, 5.41) is 4.31. The number of sulfone groups is 1. The summed E-state index contributed by atoms with van der Waals surface area (Å²) in [7, 11) is -3.51. The average molecular weight is 314 g/mol. The molecule has 1 heterocycles. The molecule has 1 aliphatic rings. The van der Waals surface area contributed by atoms with Crippen LogP contribution in [0.5, 0.6) is 0 Å². The molecule has 20 heavy (non-hydrogen) atoms. The molecule has 0 fully saturated rings. The third kappa shape index (κ3) is 3.41. The maximum absolute atomic E-state index is 12.3. The molecular weight excluding hydrogens is 298 g/mol. The fourth-order valence-corrected chi connectivity index (χ4v) is 3.58. The Bertz CT molecular complexity index is 677. The fourth-order valence-electron chi connectivity index (χ4n) is 1.87. The van der Waals surface area contributed by atoms with Crippen molar-refractivity contribution < 1.29 is 13.3 Å². The van der Waals surface area contributed by atoms with Crippen molar-refractivity contribution in [1.29, 1.82) is 0 Å². The van der Waals surface area contributed by atoms with E-state index >= 15 is 0 Å². The van der Waals surface area contributed by atoms with E-state index in [9.17, 15) is 8.42 Å². The van der Waals surface area contributed by atoms with E-state index in [0.717, 1.165) is 0 Å². The molecule has 108 valence electrons. The van der Waals surface area contributed by atoms with E-state index in [1.807, 2.05) is 0 Å². The Morgan fingerprint density at radius 2 is 2.20 bits per heavy atom. The average Bonchev–Trinajstić information content (AvgIpc) is 2.70. The minimum atomic E-state index is -3.51. The van der Waals surface area contributed by atoms with Crippen LogP contribution in [-0.2, 0) is 14.7 Å². The summed E-state index contributed by atoms with van der Waals surface area (Å²) in [6.45, 7) is 7.42. The molecule has 0 unspecified atom stereocenters. The zero-order valence-electron chi connectivity index (χ0n) is 11.4. The van der Waals surface area contributed by atoms with Gasteiger partial charge in [-0.15, -0.1) is 0 Å². The van der Waals surface area contributed by atoms with E-state index in [1.54, 1.807) is 38.1 Å². The lowest BCUT2D eigenvalue weighted by molar-refractivity contribution is 0.0123. The summed E-state index contributed by atoms with van der Waals surface area (Å²) in [5.41, 5.74) is 0.625. The van der Waals surface area contributed by atoms with E-state index in [2.05, 4.69) is 11.7 Å². The zero-order chi connectivity index (χ0) is 15.0. The maximum atomic E-state index is 12.3. The lowest BCUT2D eigenvalue weighted by atomic mass is 10.1. The van der Waals surface area contributed by atoms with Crippen molar-refractivity contribution in [3.8, 4) is 0 Å². The molecule has 0 aromatic heterocycles. The summed E-state index contributed by atoms with van der Waals surface area (Å²) in [6.07, 6.45) is 0.276. The molecule has 1 aromatic carbocycles. The number of hydrogen-bond donors (Lipinski definition) is 0. The third-order valence-electron chi connectivity index (χ3n) is 2.93. The van der Waals surface area contributed by atoms with Gasteiger partial charge in [-0.2, -0.15) is 0 Å². The topological polar surface area (TPSA) is 55.7 Å². The number of benzene rings is 1. The summed E-state index contributed by atoms with van der Waals surface area (Å²) < 4.78 is 24.6. The highest BCUT2D eigenvalue weighted by molar-refractivity contribution is 8.06. The van der Waals surface area contributed by atoms with Crippen molar-refractivity contribution in [1.82, 2.24) is 0 Å². The molecule has 0 bridgehead atoms. The van der Waals surface area contributed by atoms with Crippen LogP contribution in [0.2, 0.25) is 5.02 Å². The van der Waals surface area contributed by atoms with Gasteiger partial charge in [0.15, 0.2) is 14.9 Å². The van der Waals surface area contributed by atoms with E-state index in [1.165, 1.54) is 0 Å². The first-order chi connectivity index (χ1) is 9.20. The first-order valence-corrected chi connectivity index (χ1v) is 8.14. The Hall–Kier alpha value is -1.33. The lowest BCUT2D eigenvalue weighted by Gasteiger charge is -2.13. The Balaban J connectivity index is 2.15. The van der Waals surface area contributed by atoms with Crippen LogP contribution < -0.4 is 0 Å². The molecule has 6 heteroatoms. The molecule has 0 radical (unpaired) electrons. The Morgan fingerprint density at radius 3 is 2.75 bits per heavy atom. The van der Waals surface area contributed by atoms with Crippen LogP contribution in [0.15, 0.2) is 36.0 Å². The van der Waals surface area contributed by atoms with Gasteiger partial charge in [-0.3, -0.25) is 0 Å². The third-order valence-corrected chi connectivity index (χ3v) is 4.83. The normalized spacial score (nSPS) is 17.4. The largest absolute Gasteiger partial charge is 0.389 e. The standard InChI is InChI=1S/C14H16ClNO3S/c1-10(11-5-4-6-12(15)7-11)9-20(17,18)13-8-14(2,3)19-16-13/h4-7H,1,8-9H2,2-3H3. The number of hydrogen-bond acceptors (Lipinski definition) is 4. The second kappa shape index (κ2) is 5.22. The Morgan fingerprint density at radius 1 is 1.50 bits per heavy atom. The highest BCUT2D eigenvalue weighted by Crippen LogP contribution is 2.27. The van der Waals surface area contributed by atoms with Crippen molar-refractivity contribution >= 4 is 32.1 Å². The van der Waals surface area contributed by atoms with Crippen LogP contribution in [0.3, 0.4) is 0 Å². The van der Waals surface area contributed by atoms with Crippen LogP contribution in [0, 0.1) is 0 Å². The van der Waals surface area contributed by atoms with Gasteiger partial charge in [0.2, 0.25) is 0 Å². The van der Waals surface area contributed by atoms with Crippen LogP contribution in [-0.4, -0.2) is 24.8 Å². The number of nitrogens with zero attached hydrogens (tertiary/aromatic N) is 1. The van der Waals surface area contributed by atoms with Gasteiger partial charge in [0.25, 0.3) is 0 Å². The van der Waals surface area contributed by atoms with Gasteiger partial charge in [-0.05, 0) is 37.1 Å². The quantitative estimate of drug-likeness (QED) is 0.860. The molecule has 1 aromatic rings. The minimum absolute atomic E-state index is 0.0747. The monoisotopic (exact) mass is 313 g/mol. The summed E-state index contributed by atoms with van der Waals surface area (Å²) in [4.78, 5) is 5.10.